The summed E-state index contributed by atoms with van der Waals surface area (Å²) >= 11 is 0. The topological polar surface area (TPSA) is 24.1 Å². The minimum absolute atomic E-state index is 0. The molecule has 136 valence electrons. The molecule has 4 heteroatoms. The molecule has 3 saturated heterocycles. The Bertz CT molecular complexity index is 622. The van der Waals surface area contributed by atoms with Crippen LogP contribution in [0.1, 0.15) is 24.0 Å². The second kappa shape index (κ2) is 9.05. The number of hydrogen-bond acceptors (Lipinski definition) is 2. The zero-order chi connectivity index (χ0) is 15.5. The smallest absolute Gasteiger partial charge is 0.0379 e. The van der Waals surface area contributed by atoms with Gasteiger partial charge in [-0.05, 0) is 42.7 Å². The van der Waals surface area contributed by atoms with Gasteiger partial charge in [-0.15, -0.1) is 24.8 Å². The van der Waals surface area contributed by atoms with Gasteiger partial charge in [-0.3, -0.25) is 0 Å². The monoisotopic (exact) mass is 378 g/mol. The fraction of sp³-hybridized carbons (Fsp3) is 0.429. The molecule has 3 aliphatic heterocycles. The normalized spacial score (nSPS) is 27.7. The van der Waals surface area contributed by atoms with Crippen LogP contribution in [0.3, 0.4) is 0 Å². The number of halogens is 2. The Labute approximate surface area is 163 Å². The molecule has 2 bridgehead atoms. The molecule has 0 amide bonds. The van der Waals surface area contributed by atoms with Gasteiger partial charge in [0.15, 0.2) is 0 Å². The Morgan fingerprint density at radius 3 is 2.08 bits per heavy atom. The number of fused-ring (bicyclic) bond motifs is 4. The van der Waals surface area contributed by atoms with E-state index in [4.69, 9.17) is 0 Å². The largest absolute Gasteiger partial charge is 0.311 e. The third kappa shape index (κ3) is 4.57. The summed E-state index contributed by atoms with van der Waals surface area (Å²) in [6.07, 6.45) is 4.90. The van der Waals surface area contributed by atoms with Crippen molar-refractivity contribution in [2.24, 2.45) is 5.92 Å². The number of piperazine rings is 1. The molecule has 0 aliphatic carbocycles. The van der Waals surface area contributed by atoms with Crippen LogP contribution >= 0.6 is 24.8 Å². The van der Waals surface area contributed by atoms with Crippen molar-refractivity contribution >= 4 is 24.8 Å². The van der Waals surface area contributed by atoms with E-state index < -0.39 is 0 Å². The first-order chi connectivity index (χ1) is 11.3. The highest BCUT2D eigenvalue weighted by molar-refractivity contribution is 5.85. The average Bonchev–Trinajstić information content (AvgIpc) is 2.87. The third-order valence-corrected chi connectivity index (χ3v) is 5.74. The second-order valence-corrected chi connectivity index (χ2v) is 7.24. The predicted octanol–water partition coefficient (Wildman–Crippen LogP) is 4.03. The van der Waals surface area contributed by atoms with Gasteiger partial charge in [0.2, 0.25) is 0 Å². The number of hydrogen-bond donors (Lipinski definition) is 2. The van der Waals surface area contributed by atoms with Gasteiger partial charge < -0.3 is 10.6 Å². The summed E-state index contributed by atoms with van der Waals surface area (Å²) in [5.41, 5.74) is 3.10. The van der Waals surface area contributed by atoms with Gasteiger partial charge in [0.1, 0.15) is 0 Å². The minimum atomic E-state index is 0. The molecule has 2 aromatic carbocycles. The van der Waals surface area contributed by atoms with Crippen LogP contribution in [0.15, 0.2) is 60.7 Å². The Morgan fingerprint density at radius 2 is 1.48 bits per heavy atom. The Morgan fingerprint density at radius 1 is 0.840 bits per heavy atom. The average molecular weight is 379 g/mol. The van der Waals surface area contributed by atoms with Crippen LogP contribution in [-0.2, 0) is 12.8 Å². The first kappa shape index (κ1) is 20.3. The summed E-state index contributed by atoms with van der Waals surface area (Å²) in [4.78, 5) is 0. The molecule has 0 aromatic heterocycles. The lowest BCUT2D eigenvalue weighted by Gasteiger charge is -2.44. The van der Waals surface area contributed by atoms with Gasteiger partial charge in [0.25, 0.3) is 0 Å². The molecule has 0 saturated carbocycles. The third-order valence-electron chi connectivity index (χ3n) is 5.74. The highest BCUT2D eigenvalue weighted by Gasteiger charge is 2.44. The zero-order valence-corrected chi connectivity index (χ0v) is 16.1. The summed E-state index contributed by atoms with van der Waals surface area (Å²) < 4.78 is 0. The molecule has 3 fully saturated rings. The van der Waals surface area contributed by atoms with Gasteiger partial charge in [-0.25, -0.2) is 0 Å². The molecule has 0 radical (unpaired) electrons. The van der Waals surface area contributed by atoms with E-state index in [2.05, 4.69) is 71.3 Å². The van der Waals surface area contributed by atoms with Crippen LogP contribution in [-0.4, -0.2) is 24.7 Å². The van der Waals surface area contributed by atoms with Crippen LogP contribution in [0.25, 0.3) is 0 Å². The molecule has 2 nitrogen and oxygen atoms in total. The van der Waals surface area contributed by atoms with Crippen LogP contribution in [0, 0.1) is 5.92 Å². The molecular formula is C21H28Cl2N2. The van der Waals surface area contributed by atoms with E-state index in [9.17, 15) is 0 Å². The SMILES string of the molecule is Cl.Cl.c1ccc(CC2CCC3CNC2(Cc2ccccc2)CN3)cc1. The maximum Gasteiger partial charge on any atom is 0.0379 e. The molecule has 3 heterocycles. The first-order valence-electron chi connectivity index (χ1n) is 8.90. The maximum atomic E-state index is 3.95. The van der Waals surface area contributed by atoms with Crippen LogP contribution in [0.2, 0.25) is 0 Å². The highest BCUT2D eigenvalue weighted by Crippen LogP contribution is 2.35. The van der Waals surface area contributed by atoms with Crippen molar-refractivity contribution in [2.45, 2.75) is 37.3 Å². The van der Waals surface area contributed by atoms with Gasteiger partial charge in [-0.1, -0.05) is 60.7 Å². The molecule has 2 N–H and O–H groups in total. The summed E-state index contributed by atoms with van der Waals surface area (Å²) in [5.74, 6) is 0.685. The molecule has 0 spiro atoms. The van der Waals surface area contributed by atoms with Gasteiger partial charge >= 0.3 is 0 Å². The summed E-state index contributed by atoms with van der Waals surface area (Å²) in [7, 11) is 0. The van der Waals surface area contributed by atoms with Crippen molar-refractivity contribution < 1.29 is 0 Å². The van der Waals surface area contributed by atoms with Crippen molar-refractivity contribution in [1.29, 1.82) is 0 Å². The molecule has 5 rings (SSSR count). The van der Waals surface area contributed by atoms with E-state index in [-0.39, 0.29) is 30.4 Å². The zero-order valence-electron chi connectivity index (χ0n) is 14.5. The predicted molar refractivity (Wildman–Crippen MR) is 110 cm³/mol. The van der Waals surface area contributed by atoms with Gasteiger partial charge in [0.05, 0.1) is 0 Å². The summed E-state index contributed by atoms with van der Waals surface area (Å²) in [6, 6.07) is 22.6. The van der Waals surface area contributed by atoms with E-state index in [1.54, 1.807) is 0 Å². The van der Waals surface area contributed by atoms with E-state index in [0.29, 0.717) is 12.0 Å². The van der Waals surface area contributed by atoms with E-state index in [1.165, 1.54) is 30.4 Å². The maximum absolute atomic E-state index is 3.95. The molecule has 3 aliphatic rings. The lowest BCUT2D eigenvalue weighted by atomic mass is 9.74. The lowest BCUT2D eigenvalue weighted by molar-refractivity contribution is 0.184. The summed E-state index contributed by atoms with van der Waals surface area (Å²) in [5, 5.41) is 7.75. The standard InChI is InChI=1S/C21H26N2.2ClH/c1-3-7-17(8-4-1)13-19-11-12-20-15-23-21(19,16-22-20)14-18-9-5-2-6-10-18;;/h1-10,19-20,22-23H,11-16H2;2*1H. The Hall–Kier alpha value is -1.06. The van der Waals surface area contributed by atoms with Crippen molar-refractivity contribution in [2.75, 3.05) is 13.1 Å². The van der Waals surface area contributed by atoms with Crippen LogP contribution in [0.5, 0.6) is 0 Å². The Kier molecular flexibility index (Phi) is 7.33. The van der Waals surface area contributed by atoms with E-state index in [1.807, 2.05) is 0 Å². The first-order valence-corrected chi connectivity index (χ1v) is 8.90. The van der Waals surface area contributed by atoms with Crippen molar-refractivity contribution in [3.8, 4) is 0 Å². The molecule has 2 aromatic rings. The lowest BCUT2D eigenvalue weighted by Crippen LogP contribution is -2.65. The summed E-state index contributed by atoms with van der Waals surface area (Å²) in [6.45, 7) is 2.20. The fourth-order valence-corrected chi connectivity index (χ4v) is 4.38. The van der Waals surface area contributed by atoms with Crippen molar-refractivity contribution in [1.82, 2.24) is 10.6 Å². The van der Waals surface area contributed by atoms with Crippen molar-refractivity contribution in [3.63, 3.8) is 0 Å². The molecule has 3 atom stereocenters. The van der Waals surface area contributed by atoms with Gasteiger partial charge in [0, 0.05) is 24.7 Å². The highest BCUT2D eigenvalue weighted by atomic mass is 35.5. The molecule has 3 unspecified atom stereocenters. The minimum Gasteiger partial charge on any atom is -0.311 e. The van der Waals surface area contributed by atoms with Crippen molar-refractivity contribution in [3.05, 3.63) is 71.8 Å². The quantitative estimate of drug-likeness (QED) is 0.838. The number of rotatable bonds is 4. The van der Waals surface area contributed by atoms with Gasteiger partial charge in [-0.2, -0.15) is 0 Å². The Balaban J connectivity index is 0.00000113. The van der Waals surface area contributed by atoms with E-state index >= 15 is 0 Å². The van der Waals surface area contributed by atoms with Crippen LogP contribution in [0.4, 0.5) is 0 Å². The van der Waals surface area contributed by atoms with E-state index in [0.717, 1.165) is 19.5 Å². The number of nitrogens with one attached hydrogen (secondary N) is 2. The second-order valence-electron chi connectivity index (χ2n) is 7.24. The number of benzene rings is 2. The molecule has 25 heavy (non-hydrogen) atoms. The molecular weight excluding hydrogens is 351 g/mol. The fourth-order valence-electron chi connectivity index (χ4n) is 4.38. The van der Waals surface area contributed by atoms with Crippen LogP contribution < -0.4 is 10.6 Å².